The number of amides is 2. The number of aromatic amines is 1. The van der Waals surface area contributed by atoms with Crippen LogP contribution in [0.15, 0.2) is 54.7 Å². The molecule has 3 N–H and O–H groups in total. The first-order valence-electron chi connectivity index (χ1n) is 13.9. The highest BCUT2D eigenvalue weighted by molar-refractivity contribution is 5.99. The molecule has 0 radical (unpaired) electrons. The molecule has 3 aromatic rings. The van der Waals surface area contributed by atoms with Crippen LogP contribution in [0.5, 0.6) is 0 Å². The van der Waals surface area contributed by atoms with Gasteiger partial charge in [-0.15, -0.1) is 0 Å². The number of hydrogen-bond donors (Lipinski definition) is 3. The lowest BCUT2D eigenvalue weighted by molar-refractivity contribution is -0.148. The van der Waals surface area contributed by atoms with E-state index in [2.05, 4.69) is 15.6 Å². The van der Waals surface area contributed by atoms with Gasteiger partial charge in [-0.3, -0.25) is 9.59 Å². The van der Waals surface area contributed by atoms with Crippen molar-refractivity contribution in [2.24, 2.45) is 23.2 Å². The van der Waals surface area contributed by atoms with E-state index in [-0.39, 0.29) is 17.2 Å². The zero-order valence-electron chi connectivity index (χ0n) is 21.8. The Bertz CT molecular complexity index is 1320. The number of H-pyrrole nitrogens is 1. The first-order valence-corrected chi connectivity index (χ1v) is 13.9. The molecule has 0 aliphatic heterocycles. The molecule has 1 heterocycles. The molecule has 4 aliphatic rings. The minimum atomic E-state index is -0.723. The molecule has 7 nitrogen and oxygen atoms in total. The van der Waals surface area contributed by atoms with Gasteiger partial charge in [0.05, 0.1) is 12.2 Å². The average Bonchev–Trinajstić information content (AvgIpc) is 3.31. The molecule has 38 heavy (non-hydrogen) atoms. The summed E-state index contributed by atoms with van der Waals surface area (Å²) in [4.78, 5) is 42.8. The SMILES string of the molecule is CCOC(=O)c1ccc(NC(=O)[C@H](Cc2c[nH]c3ccccc23)NC(=O)C23CC4CC(CC(C4)C2)C3)cc1. The number of esters is 1. The fraction of sp³-hybridized carbons (Fsp3) is 0.452. The van der Waals surface area contributed by atoms with Gasteiger partial charge in [-0.25, -0.2) is 4.79 Å². The molecule has 4 saturated carbocycles. The molecule has 4 fully saturated rings. The molecule has 0 spiro atoms. The third-order valence-electron chi connectivity index (χ3n) is 8.90. The molecule has 2 aromatic carbocycles. The maximum absolute atomic E-state index is 13.9. The highest BCUT2D eigenvalue weighted by atomic mass is 16.5. The van der Waals surface area contributed by atoms with Crippen molar-refractivity contribution in [3.63, 3.8) is 0 Å². The number of hydrogen-bond acceptors (Lipinski definition) is 4. The van der Waals surface area contributed by atoms with Crippen molar-refractivity contribution in [2.45, 2.75) is 57.9 Å². The number of para-hydroxylation sites is 1. The molecule has 0 unspecified atom stereocenters. The highest BCUT2D eigenvalue weighted by Crippen LogP contribution is 2.60. The van der Waals surface area contributed by atoms with Gasteiger partial charge in [0.25, 0.3) is 0 Å². The van der Waals surface area contributed by atoms with Gasteiger partial charge in [-0.1, -0.05) is 18.2 Å². The van der Waals surface area contributed by atoms with Gasteiger partial charge in [-0.05, 0) is 99.1 Å². The zero-order valence-corrected chi connectivity index (χ0v) is 21.8. The van der Waals surface area contributed by atoms with Crippen molar-refractivity contribution in [3.8, 4) is 0 Å². The summed E-state index contributed by atoms with van der Waals surface area (Å²) < 4.78 is 5.05. The standard InChI is InChI=1S/C31H35N3O4/c1-2-38-29(36)22-7-9-24(10-8-22)33-28(35)27(14-23-18-32-26-6-4-3-5-25(23)26)34-30(37)31-15-19-11-20(16-31)13-21(12-19)17-31/h3-10,18-21,27,32H,2,11-17H2,1H3,(H,33,35)(H,34,37)/t19?,20?,21?,27-,31?/m0/s1. The monoisotopic (exact) mass is 513 g/mol. The van der Waals surface area contributed by atoms with E-state index in [1.165, 1.54) is 19.3 Å². The lowest BCUT2D eigenvalue weighted by Crippen LogP contribution is -2.57. The van der Waals surface area contributed by atoms with Crippen LogP contribution in [0, 0.1) is 23.2 Å². The Hall–Kier alpha value is -3.61. The average molecular weight is 514 g/mol. The van der Waals surface area contributed by atoms with Crippen LogP contribution in [-0.2, 0) is 20.7 Å². The van der Waals surface area contributed by atoms with Gasteiger partial charge >= 0.3 is 5.97 Å². The zero-order chi connectivity index (χ0) is 26.3. The Morgan fingerprint density at radius 2 is 1.63 bits per heavy atom. The second kappa shape index (κ2) is 9.93. The summed E-state index contributed by atoms with van der Waals surface area (Å²) in [6, 6.07) is 13.9. The lowest BCUT2D eigenvalue weighted by atomic mass is 9.49. The second-order valence-corrected chi connectivity index (χ2v) is 11.6. The molecule has 4 bridgehead atoms. The Labute approximate surface area is 222 Å². The fourth-order valence-electron chi connectivity index (χ4n) is 7.56. The minimum Gasteiger partial charge on any atom is -0.462 e. The minimum absolute atomic E-state index is 0.0363. The molecule has 4 aliphatic carbocycles. The number of aromatic nitrogens is 1. The van der Waals surface area contributed by atoms with Crippen LogP contribution >= 0.6 is 0 Å². The smallest absolute Gasteiger partial charge is 0.338 e. The first kappa shape index (κ1) is 24.7. The van der Waals surface area contributed by atoms with Gasteiger partial charge in [-0.2, -0.15) is 0 Å². The van der Waals surface area contributed by atoms with E-state index in [0.717, 1.165) is 35.7 Å². The van der Waals surface area contributed by atoms with Gasteiger partial charge in [0, 0.05) is 34.6 Å². The highest BCUT2D eigenvalue weighted by Gasteiger charge is 2.55. The number of fused-ring (bicyclic) bond motifs is 1. The number of anilines is 1. The summed E-state index contributed by atoms with van der Waals surface area (Å²) in [5.41, 5.74) is 2.65. The molecule has 1 aromatic heterocycles. The summed E-state index contributed by atoms with van der Waals surface area (Å²) in [5, 5.41) is 7.22. The molecule has 7 rings (SSSR count). The van der Waals surface area contributed by atoms with Crippen LogP contribution in [-0.4, -0.2) is 35.4 Å². The fourth-order valence-corrected chi connectivity index (χ4v) is 7.56. The summed E-state index contributed by atoms with van der Waals surface area (Å²) >= 11 is 0. The van der Waals surface area contributed by atoms with Gasteiger partial charge in [0.2, 0.25) is 11.8 Å². The van der Waals surface area contributed by atoms with Crippen LogP contribution in [0.3, 0.4) is 0 Å². The van der Waals surface area contributed by atoms with Gasteiger partial charge in [0.1, 0.15) is 6.04 Å². The van der Waals surface area contributed by atoms with Crippen LogP contribution < -0.4 is 10.6 Å². The predicted molar refractivity (Wildman–Crippen MR) is 146 cm³/mol. The number of carbonyl (C=O) groups is 3. The third-order valence-corrected chi connectivity index (χ3v) is 8.90. The lowest BCUT2D eigenvalue weighted by Gasteiger charge is -2.55. The van der Waals surface area contributed by atoms with Crippen molar-refractivity contribution in [2.75, 3.05) is 11.9 Å². The number of nitrogens with one attached hydrogen (secondary N) is 3. The van der Waals surface area contributed by atoms with Crippen molar-refractivity contribution in [3.05, 3.63) is 65.9 Å². The number of benzene rings is 2. The van der Waals surface area contributed by atoms with Crippen molar-refractivity contribution in [1.82, 2.24) is 10.3 Å². The maximum atomic E-state index is 13.9. The molecule has 7 heteroatoms. The van der Waals surface area contributed by atoms with Crippen molar-refractivity contribution >= 4 is 34.4 Å². The normalized spacial score (nSPS) is 26.2. The van der Waals surface area contributed by atoms with E-state index in [1.807, 2.05) is 30.5 Å². The molecule has 1 atom stereocenters. The molecular weight excluding hydrogens is 478 g/mol. The molecule has 198 valence electrons. The van der Waals surface area contributed by atoms with E-state index in [1.54, 1.807) is 31.2 Å². The topological polar surface area (TPSA) is 100 Å². The quantitative estimate of drug-likeness (QED) is 0.359. The van der Waals surface area contributed by atoms with Crippen molar-refractivity contribution in [1.29, 1.82) is 0 Å². The molecule has 0 saturated heterocycles. The van der Waals surface area contributed by atoms with E-state index < -0.39 is 12.0 Å². The van der Waals surface area contributed by atoms with Gasteiger partial charge in [0.15, 0.2) is 0 Å². The third kappa shape index (κ3) is 4.70. The maximum Gasteiger partial charge on any atom is 0.338 e. The van der Waals surface area contributed by atoms with Crippen LogP contribution in [0.2, 0.25) is 0 Å². The van der Waals surface area contributed by atoms with E-state index in [0.29, 0.717) is 42.0 Å². The Morgan fingerprint density at radius 3 is 2.29 bits per heavy atom. The van der Waals surface area contributed by atoms with E-state index in [4.69, 9.17) is 4.74 Å². The predicted octanol–water partition coefficient (Wildman–Crippen LogP) is 5.23. The van der Waals surface area contributed by atoms with Crippen LogP contribution in [0.1, 0.15) is 61.4 Å². The second-order valence-electron chi connectivity index (χ2n) is 11.6. The summed E-state index contributed by atoms with van der Waals surface area (Å²) in [6.07, 6.45) is 8.92. The first-order chi connectivity index (χ1) is 18.4. The summed E-state index contributed by atoms with van der Waals surface area (Å²) in [6.45, 7) is 2.06. The largest absolute Gasteiger partial charge is 0.462 e. The Morgan fingerprint density at radius 1 is 0.974 bits per heavy atom. The number of carbonyl (C=O) groups excluding carboxylic acids is 3. The Balaban J connectivity index is 1.23. The number of ether oxygens (including phenoxy) is 1. The molecule has 2 amide bonds. The van der Waals surface area contributed by atoms with E-state index in [9.17, 15) is 14.4 Å². The van der Waals surface area contributed by atoms with E-state index >= 15 is 0 Å². The van der Waals surface area contributed by atoms with Crippen molar-refractivity contribution < 1.29 is 19.1 Å². The summed E-state index contributed by atoms with van der Waals surface area (Å²) in [5.74, 6) is 1.30. The summed E-state index contributed by atoms with van der Waals surface area (Å²) in [7, 11) is 0. The van der Waals surface area contributed by atoms with Gasteiger partial charge < -0.3 is 20.4 Å². The molecular formula is C31H35N3O4. The van der Waals surface area contributed by atoms with Crippen LogP contribution in [0.4, 0.5) is 5.69 Å². The Kier molecular flexibility index (Phi) is 6.46. The van der Waals surface area contributed by atoms with Crippen LogP contribution in [0.25, 0.3) is 10.9 Å². The number of rotatable bonds is 8.